The minimum Gasteiger partial charge on any atom is -0.377 e. The average molecular weight is 383 g/mol. The molecule has 1 aliphatic heterocycles. The summed E-state index contributed by atoms with van der Waals surface area (Å²) in [6, 6.07) is 5.35. The van der Waals surface area contributed by atoms with Crippen molar-refractivity contribution in [1.82, 2.24) is 9.88 Å². The zero-order valence-corrected chi connectivity index (χ0v) is 15.1. The topological polar surface area (TPSA) is 45.3 Å². The Bertz CT molecular complexity index is 819. The van der Waals surface area contributed by atoms with Gasteiger partial charge in [0.1, 0.15) is 0 Å². The van der Waals surface area contributed by atoms with Crippen LogP contribution < -0.4 is 0 Å². The highest BCUT2D eigenvalue weighted by Gasteiger charge is 2.39. The first-order valence-electron chi connectivity index (χ1n) is 8.97. The smallest absolute Gasteiger partial charge is 0.256 e. The summed E-state index contributed by atoms with van der Waals surface area (Å²) < 4.78 is 32.8. The quantitative estimate of drug-likeness (QED) is 0.846. The molecule has 1 aliphatic carbocycles. The van der Waals surface area contributed by atoms with Crippen LogP contribution in [0, 0.1) is 5.92 Å². The summed E-state index contributed by atoms with van der Waals surface area (Å²) in [7, 11) is 0. The second-order valence-corrected chi connectivity index (χ2v) is 7.74. The van der Waals surface area contributed by atoms with E-state index in [0.29, 0.717) is 42.2 Å². The van der Waals surface area contributed by atoms with E-state index in [0.717, 1.165) is 11.9 Å². The van der Waals surface area contributed by atoms with Gasteiger partial charge in [-0.15, -0.1) is 0 Å². The number of hydrogen-bond acceptors (Lipinski definition) is 2. The van der Waals surface area contributed by atoms with Crippen LogP contribution >= 0.6 is 11.6 Å². The molecule has 26 heavy (non-hydrogen) atoms. The van der Waals surface area contributed by atoms with E-state index in [4.69, 9.17) is 16.3 Å². The molecule has 1 aromatic carbocycles. The Morgan fingerprint density at radius 2 is 2.19 bits per heavy atom. The van der Waals surface area contributed by atoms with Gasteiger partial charge in [-0.25, -0.2) is 8.78 Å². The summed E-state index contributed by atoms with van der Waals surface area (Å²) in [5, 5.41) is 1.18. The molecule has 1 saturated carbocycles. The Morgan fingerprint density at radius 1 is 1.38 bits per heavy atom. The van der Waals surface area contributed by atoms with Gasteiger partial charge in [0.05, 0.1) is 29.8 Å². The van der Waals surface area contributed by atoms with Crippen LogP contribution in [0.5, 0.6) is 0 Å². The summed E-state index contributed by atoms with van der Waals surface area (Å²) >= 11 is 6.29. The Balaban J connectivity index is 1.61. The van der Waals surface area contributed by atoms with Crippen molar-refractivity contribution >= 4 is 28.4 Å². The molecule has 1 atom stereocenters. The van der Waals surface area contributed by atoms with Crippen LogP contribution in [-0.2, 0) is 4.74 Å². The molecular weight excluding hydrogens is 362 g/mol. The van der Waals surface area contributed by atoms with Crippen LogP contribution in [0.4, 0.5) is 8.78 Å². The molecule has 0 spiro atoms. The van der Waals surface area contributed by atoms with Gasteiger partial charge < -0.3 is 14.6 Å². The predicted octanol–water partition coefficient (Wildman–Crippen LogP) is 4.49. The normalized spacial score (nSPS) is 23.0. The molecule has 1 saturated heterocycles. The summed E-state index contributed by atoms with van der Waals surface area (Å²) in [5.74, 6) is -2.99. The molecule has 1 aromatic heterocycles. The number of hydrogen-bond donors (Lipinski definition) is 1. The first-order valence-corrected chi connectivity index (χ1v) is 9.34. The van der Waals surface area contributed by atoms with E-state index in [1.54, 1.807) is 17.2 Å². The van der Waals surface area contributed by atoms with E-state index in [9.17, 15) is 13.6 Å². The van der Waals surface area contributed by atoms with Crippen LogP contribution in [0.3, 0.4) is 0 Å². The maximum Gasteiger partial charge on any atom is 0.256 e. The van der Waals surface area contributed by atoms with Crippen molar-refractivity contribution < 1.29 is 18.3 Å². The number of H-pyrrole nitrogens is 1. The fourth-order valence-electron chi connectivity index (χ4n) is 3.97. The average Bonchev–Trinajstić information content (AvgIpc) is 2.96. The molecular formula is C19H21ClF2N2O2. The van der Waals surface area contributed by atoms with E-state index in [2.05, 4.69) is 4.98 Å². The van der Waals surface area contributed by atoms with Gasteiger partial charge in [0, 0.05) is 36.5 Å². The molecule has 2 aliphatic rings. The van der Waals surface area contributed by atoms with E-state index in [-0.39, 0.29) is 30.7 Å². The van der Waals surface area contributed by atoms with Crippen molar-refractivity contribution in [1.29, 1.82) is 0 Å². The molecule has 2 heterocycles. The first kappa shape index (κ1) is 17.7. The third-order valence-corrected chi connectivity index (χ3v) is 5.72. The number of rotatable bonds is 4. The number of fused-ring (bicyclic) bond motifs is 1. The maximum absolute atomic E-state index is 13.8. The van der Waals surface area contributed by atoms with Gasteiger partial charge in [-0.05, 0) is 30.9 Å². The second kappa shape index (κ2) is 6.82. The third-order valence-electron chi connectivity index (χ3n) is 5.40. The zero-order valence-electron chi connectivity index (χ0n) is 14.3. The van der Waals surface area contributed by atoms with E-state index in [1.165, 1.54) is 0 Å². The lowest BCUT2D eigenvalue weighted by Gasteiger charge is -2.40. The van der Waals surface area contributed by atoms with E-state index in [1.807, 2.05) is 12.1 Å². The number of amides is 1. The summed E-state index contributed by atoms with van der Waals surface area (Å²) in [6.45, 7) is 1.23. The van der Waals surface area contributed by atoms with Gasteiger partial charge in [0.15, 0.2) is 0 Å². The second-order valence-electron chi connectivity index (χ2n) is 7.33. The van der Waals surface area contributed by atoms with E-state index < -0.39 is 5.92 Å². The van der Waals surface area contributed by atoms with Crippen LogP contribution in [0.25, 0.3) is 10.9 Å². The van der Waals surface area contributed by atoms with Gasteiger partial charge in [0.25, 0.3) is 5.91 Å². The van der Waals surface area contributed by atoms with Crippen LogP contribution in [0.2, 0.25) is 5.02 Å². The van der Waals surface area contributed by atoms with Crippen molar-refractivity contribution in [3.05, 3.63) is 35.0 Å². The highest BCUT2D eigenvalue weighted by molar-refractivity contribution is 6.36. The Kier molecular flexibility index (Phi) is 4.65. The molecule has 4 rings (SSSR count). The Hall–Kier alpha value is -1.66. The molecule has 2 aromatic rings. The van der Waals surface area contributed by atoms with Crippen molar-refractivity contribution in [2.75, 3.05) is 19.8 Å². The zero-order chi connectivity index (χ0) is 18.3. The third kappa shape index (κ3) is 3.32. The molecule has 4 nitrogen and oxygen atoms in total. The molecule has 1 unspecified atom stereocenters. The van der Waals surface area contributed by atoms with Gasteiger partial charge in [-0.3, -0.25) is 4.79 Å². The predicted molar refractivity (Wildman–Crippen MR) is 95.9 cm³/mol. The minimum absolute atomic E-state index is 0.0535. The molecule has 0 bridgehead atoms. The Morgan fingerprint density at radius 3 is 2.88 bits per heavy atom. The van der Waals surface area contributed by atoms with Crippen molar-refractivity contribution in [2.45, 2.75) is 37.6 Å². The van der Waals surface area contributed by atoms with Gasteiger partial charge in [-0.2, -0.15) is 0 Å². The van der Waals surface area contributed by atoms with Gasteiger partial charge in [0.2, 0.25) is 5.92 Å². The number of ether oxygens (including phenoxy) is 1. The number of carbonyl (C=O) groups excluding carboxylic acids is 1. The monoisotopic (exact) mass is 382 g/mol. The highest BCUT2D eigenvalue weighted by atomic mass is 35.5. The number of aromatic nitrogens is 1. The fraction of sp³-hybridized carbons (Fsp3) is 0.526. The minimum atomic E-state index is -2.63. The van der Waals surface area contributed by atoms with Gasteiger partial charge in [-0.1, -0.05) is 17.7 Å². The molecule has 1 N–H and O–H groups in total. The lowest BCUT2D eigenvalue weighted by molar-refractivity contribution is -0.0782. The molecule has 2 fully saturated rings. The standard InChI is InChI=1S/C19H21ClF2N2O2/c20-15-4-1-5-16-17(15)14(8-23-16)18(25)24(13-10-26-11-13)9-12-3-2-6-19(21,22)7-12/h1,4-5,8,12-13,23H,2-3,6-7,9-11H2. The van der Waals surface area contributed by atoms with Gasteiger partial charge >= 0.3 is 0 Å². The number of carbonyl (C=O) groups is 1. The number of alkyl halides is 2. The van der Waals surface area contributed by atoms with E-state index >= 15 is 0 Å². The first-order chi connectivity index (χ1) is 12.4. The number of nitrogens with zero attached hydrogens (tertiary/aromatic N) is 1. The van der Waals surface area contributed by atoms with Crippen LogP contribution in [-0.4, -0.2) is 47.5 Å². The fourth-order valence-corrected chi connectivity index (χ4v) is 4.25. The van der Waals surface area contributed by atoms with Crippen molar-refractivity contribution in [3.8, 4) is 0 Å². The molecule has 0 radical (unpaired) electrons. The number of benzene rings is 1. The van der Waals surface area contributed by atoms with Crippen molar-refractivity contribution in [2.24, 2.45) is 5.92 Å². The van der Waals surface area contributed by atoms with Crippen LogP contribution in [0.15, 0.2) is 24.4 Å². The highest BCUT2D eigenvalue weighted by Crippen LogP contribution is 2.38. The number of nitrogens with one attached hydrogen (secondary N) is 1. The molecule has 7 heteroatoms. The number of aromatic amines is 1. The number of halogens is 3. The largest absolute Gasteiger partial charge is 0.377 e. The SMILES string of the molecule is O=C(c1c[nH]c2cccc(Cl)c12)N(CC1CCCC(F)(F)C1)C1COC1. The molecule has 140 valence electrons. The summed E-state index contributed by atoms with van der Waals surface area (Å²) in [6.07, 6.45) is 2.67. The lowest BCUT2D eigenvalue weighted by atomic mass is 9.85. The van der Waals surface area contributed by atoms with Crippen LogP contribution in [0.1, 0.15) is 36.0 Å². The Labute approximate surface area is 155 Å². The summed E-state index contributed by atoms with van der Waals surface area (Å²) in [5.41, 5.74) is 1.27. The molecule has 1 amide bonds. The maximum atomic E-state index is 13.8. The van der Waals surface area contributed by atoms with Crippen molar-refractivity contribution in [3.63, 3.8) is 0 Å². The lowest BCUT2D eigenvalue weighted by Crippen LogP contribution is -2.53. The summed E-state index contributed by atoms with van der Waals surface area (Å²) in [4.78, 5) is 18.0.